The lowest BCUT2D eigenvalue weighted by atomic mass is 10.2. The molecule has 0 aliphatic rings. The molecule has 1 aromatic heterocycles. The predicted octanol–water partition coefficient (Wildman–Crippen LogP) is 4.28. The maximum absolute atomic E-state index is 5.45. The predicted molar refractivity (Wildman–Crippen MR) is 110 cm³/mol. The summed E-state index contributed by atoms with van der Waals surface area (Å²) in [4.78, 5) is 0. The highest BCUT2D eigenvalue weighted by Crippen LogP contribution is 2.33. The molecule has 0 saturated heterocycles. The lowest BCUT2D eigenvalue weighted by Crippen LogP contribution is -2.00. The third-order valence-electron chi connectivity index (χ3n) is 3.82. The van der Waals surface area contributed by atoms with Crippen molar-refractivity contribution in [2.75, 3.05) is 21.3 Å². The van der Waals surface area contributed by atoms with E-state index in [2.05, 4.69) is 31.2 Å². The molecule has 0 radical (unpaired) electrons. The monoisotopic (exact) mass is 448 g/mol. The van der Waals surface area contributed by atoms with Gasteiger partial charge in [-0.25, -0.2) is 5.10 Å². The van der Waals surface area contributed by atoms with Gasteiger partial charge in [-0.05, 0) is 24.4 Å². The molecule has 7 nitrogen and oxygen atoms in total. The Morgan fingerprint density at radius 1 is 1.11 bits per heavy atom. The minimum Gasteiger partial charge on any atom is -0.496 e. The van der Waals surface area contributed by atoms with Crippen molar-refractivity contribution < 1.29 is 14.2 Å². The van der Waals surface area contributed by atoms with Crippen LogP contribution < -0.4 is 14.2 Å². The fourth-order valence-corrected chi connectivity index (χ4v) is 3.13. The number of hydrogen-bond acceptors (Lipinski definition) is 6. The average molecular weight is 449 g/mol. The van der Waals surface area contributed by atoms with Crippen LogP contribution in [0.25, 0.3) is 11.4 Å². The molecule has 0 bridgehead atoms. The van der Waals surface area contributed by atoms with Crippen molar-refractivity contribution in [2.45, 2.75) is 0 Å². The number of ether oxygens (including phenoxy) is 3. The molecule has 0 aliphatic carbocycles. The number of aromatic amines is 1. The Morgan fingerprint density at radius 3 is 2.37 bits per heavy atom. The first-order valence-corrected chi connectivity index (χ1v) is 9.05. The molecule has 0 atom stereocenters. The van der Waals surface area contributed by atoms with Gasteiger partial charge >= 0.3 is 0 Å². The van der Waals surface area contributed by atoms with Crippen molar-refractivity contribution >= 4 is 34.4 Å². The van der Waals surface area contributed by atoms with Crippen LogP contribution in [0.2, 0.25) is 0 Å². The summed E-state index contributed by atoms with van der Waals surface area (Å²) in [7, 11) is 4.72. The Balaban J connectivity index is 2.10. The molecule has 0 amide bonds. The van der Waals surface area contributed by atoms with E-state index in [9.17, 15) is 0 Å². The first-order valence-electron chi connectivity index (χ1n) is 7.85. The van der Waals surface area contributed by atoms with Crippen LogP contribution >= 0.6 is 28.1 Å². The Hall–Kier alpha value is -2.65. The molecule has 0 aliphatic heterocycles. The van der Waals surface area contributed by atoms with E-state index in [0.29, 0.717) is 33.4 Å². The highest BCUT2D eigenvalue weighted by Gasteiger charge is 2.14. The van der Waals surface area contributed by atoms with Crippen LogP contribution in [0.1, 0.15) is 5.56 Å². The highest BCUT2D eigenvalue weighted by atomic mass is 79.9. The number of rotatable bonds is 6. The Morgan fingerprint density at radius 2 is 1.78 bits per heavy atom. The summed E-state index contributed by atoms with van der Waals surface area (Å²) < 4.78 is 18.9. The molecule has 0 spiro atoms. The number of methoxy groups -OCH3 is 3. The van der Waals surface area contributed by atoms with Crippen molar-refractivity contribution in [3.8, 4) is 28.6 Å². The van der Waals surface area contributed by atoms with Gasteiger partial charge in [0.1, 0.15) is 17.2 Å². The first-order chi connectivity index (χ1) is 13.1. The van der Waals surface area contributed by atoms with Crippen molar-refractivity contribution in [1.82, 2.24) is 14.9 Å². The molecule has 140 valence electrons. The molecule has 0 unspecified atom stereocenters. The molecule has 9 heteroatoms. The van der Waals surface area contributed by atoms with Crippen molar-refractivity contribution in [1.29, 1.82) is 0 Å². The number of nitrogens with zero attached hydrogens (tertiary/aromatic N) is 3. The van der Waals surface area contributed by atoms with Crippen LogP contribution in [0.5, 0.6) is 17.2 Å². The molecular weight excluding hydrogens is 432 g/mol. The molecule has 0 saturated carbocycles. The van der Waals surface area contributed by atoms with E-state index in [1.54, 1.807) is 44.4 Å². The van der Waals surface area contributed by atoms with Gasteiger partial charge in [-0.3, -0.25) is 0 Å². The molecule has 0 fully saturated rings. The molecule has 1 heterocycles. The summed E-state index contributed by atoms with van der Waals surface area (Å²) in [6, 6.07) is 11.2. The van der Waals surface area contributed by atoms with Gasteiger partial charge in [0.05, 0.1) is 33.1 Å². The van der Waals surface area contributed by atoms with E-state index in [4.69, 9.17) is 26.4 Å². The second-order valence-corrected chi connectivity index (χ2v) is 6.58. The maximum atomic E-state index is 5.45. The normalized spacial score (nSPS) is 11.0. The van der Waals surface area contributed by atoms with Gasteiger partial charge in [-0.1, -0.05) is 28.1 Å². The summed E-state index contributed by atoms with van der Waals surface area (Å²) in [6.45, 7) is 0. The summed E-state index contributed by atoms with van der Waals surface area (Å²) in [5.74, 6) is 2.32. The molecule has 3 rings (SSSR count). The maximum Gasteiger partial charge on any atom is 0.216 e. The summed E-state index contributed by atoms with van der Waals surface area (Å²) in [6.07, 6.45) is 1.61. The smallest absolute Gasteiger partial charge is 0.216 e. The quantitative estimate of drug-likeness (QED) is 0.449. The zero-order valence-corrected chi connectivity index (χ0v) is 17.3. The fraction of sp³-hybridized carbons (Fsp3) is 0.167. The third kappa shape index (κ3) is 3.88. The van der Waals surface area contributed by atoms with Crippen molar-refractivity contribution in [3.63, 3.8) is 0 Å². The van der Waals surface area contributed by atoms with Crippen LogP contribution in [0.15, 0.2) is 46.0 Å². The molecule has 3 aromatic rings. The number of nitrogens with one attached hydrogen (secondary N) is 1. The van der Waals surface area contributed by atoms with E-state index in [0.717, 1.165) is 10.0 Å². The van der Waals surface area contributed by atoms with Crippen LogP contribution in [-0.4, -0.2) is 42.4 Å². The largest absolute Gasteiger partial charge is 0.496 e. The number of H-pyrrole nitrogens is 1. The number of halogens is 1. The van der Waals surface area contributed by atoms with Gasteiger partial charge in [0.25, 0.3) is 0 Å². The average Bonchev–Trinajstić information content (AvgIpc) is 3.06. The topological polar surface area (TPSA) is 73.7 Å². The Bertz CT molecular complexity index is 1020. The highest BCUT2D eigenvalue weighted by molar-refractivity contribution is 9.10. The minimum absolute atomic E-state index is 0.364. The lowest BCUT2D eigenvalue weighted by molar-refractivity contribution is 0.374. The summed E-state index contributed by atoms with van der Waals surface area (Å²) in [5, 5.41) is 11.6. The van der Waals surface area contributed by atoms with Crippen LogP contribution in [-0.2, 0) is 0 Å². The summed E-state index contributed by atoms with van der Waals surface area (Å²) in [5.41, 5.74) is 1.51. The summed E-state index contributed by atoms with van der Waals surface area (Å²) >= 11 is 8.85. The molecular formula is C18H17BrN4O3S. The Kier molecular flexibility index (Phi) is 5.92. The van der Waals surface area contributed by atoms with Gasteiger partial charge < -0.3 is 14.2 Å². The zero-order chi connectivity index (χ0) is 19.4. The van der Waals surface area contributed by atoms with Gasteiger partial charge in [0, 0.05) is 22.2 Å². The van der Waals surface area contributed by atoms with E-state index < -0.39 is 0 Å². The molecule has 1 N–H and O–H groups in total. The van der Waals surface area contributed by atoms with E-state index >= 15 is 0 Å². The zero-order valence-electron chi connectivity index (χ0n) is 14.9. The fourth-order valence-electron chi connectivity index (χ4n) is 2.49. The second-order valence-electron chi connectivity index (χ2n) is 5.33. The van der Waals surface area contributed by atoms with E-state index in [-0.39, 0.29) is 0 Å². The van der Waals surface area contributed by atoms with Gasteiger partial charge in [-0.15, -0.1) is 0 Å². The third-order valence-corrected chi connectivity index (χ3v) is 4.78. The van der Waals surface area contributed by atoms with E-state index in [1.165, 1.54) is 0 Å². The van der Waals surface area contributed by atoms with Gasteiger partial charge in [0.15, 0.2) is 5.82 Å². The van der Waals surface area contributed by atoms with Gasteiger partial charge in [0.2, 0.25) is 4.77 Å². The first kappa shape index (κ1) is 19.1. The van der Waals surface area contributed by atoms with Gasteiger partial charge in [-0.2, -0.15) is 14.9 Å². The van der Waals surface area contributed by atoms with E-state index in [1.807, 2.05) is 24.3 Å². The number of hydrogen-bond donors (Lipinski definition) is 1. The molecule has 2 aromatic carbocycles. The second kappa shape index (κ2) is 8.36. The minimum atomic E-state index is 0.364. The van der Waals surface area contributed by atoms with Crippen LogP contribution in [0, 0.1) is 4.77 Å². The lowest BCUT2D eigenvalue weighted by Gasteiger charge is -2.12. The standard InChI is InChI=1S/C18H17BrN4O3S/c1-24-11-8-15(25-2)13(16(9-11)26-3)10-20-23-17(21-22-18(23)27)12-6-4-5-7-14(12)19/h4-10H,1-3H3,(H,22,27)/b20-10-. The van der Waals surface area contributed by atoms with Crippen molar-refractivity contribution in [2.24, 2.45) is 5.10 Å². The SMILES string of the molecule is COc1cc(OC)c(/C=N\n2c(-c3ccccc3Br)n[nH]c2=S)c(OC)c1. The van der Waals surface area contributed by atoms with Crippen molar-refractivity contribution in [3.05, 3.63) is 51.2 Å². The van der Waals surface area contributed by atoms with Crippen LogP contribution in [0.4, 0.5) is 0 Å². The van der Waals surface area contributed by atoms with Crippen LogP contribution in [0.3, 0.4) is 0 Å². The molecule has 27 heavy (non-hydrogen) atoms. The Labute approximate surface area is 169 Å². The number of benzene rings is 2. The number of aromatic nitrogens is 3.